The number of hydrogen-bond acceptors (Lipinski definition) is 2. The van der Waals surface area contributed by atoms with Crippen LogP contribution in [0.25, 0.3) is 10.4 Å². The summed E-state index contributed by atoms with van der Waals surface area (Å²) < 4.78 is 0. The summed E-state index contributed by atoms with van der Waals surface area (Å²) >= 11 is 0. The van der Waals surface area contributed by atoms with Crippen molar-refractivity contribution in [1.82, 2.24) is 5.32 Å². The SMILES string of the molecule is [N-]=[N+]=Nc1ccccc1C(=O)NC1CCCCCC1. The molecule has 0 bridgehead atoms. The summed E-state index contributed by atoms with van der Waals surface area (Å²) in [5.41, 5.74) is 9.35. The lowest BCUT2D eigenvalue weighted by Gasteiger charge is -2.16. The molecule has 0 aromatic heterocycles. The highest BCUT2D eigenvalue weighted by atomic mass is 16.1. The van der Waals surface area contributed by atoms with Gasteiger partial charge in [-0.25, -0.2) is 0 Å². The number of carbonyl (C=O) groups is 1. The Balaban J connectivity index is 2.08. The van der Waals surface area contributed by atoms with Crippen molar-refractivity contribution >= 4 is 11.6 Å². The van der Waals surface area contributed by atoms with Gasteiger partial charge < -0.3 is 5.32 Å². The van der Waals surface area contributed by atoms with Crippen LogP contribution in [-0.4, -0.2) is 11.9 Å². The number of benzene rings is 1. The molecule has 5 nitrogen and oxygen atoms in total. The van der Waals surface area contributed by atoms with Gasteiger partial charge in [-0.05, 0) is 24.4 Å². The minimum absolute atomic E-state index is 0.144. The molecule has 1 aromatic carbocycles. The van der Waals surface area contributed by atoms with Crippen molar-refractivity contribution in [2.75, 3.05) is 0 Å². The minimum atomic E-state index is -0.144. The van der Waals surface area contributed by atoms with Gasteiger partial charge in [0.25, 0.3) is 5.91 Å². The molecule has 0 radical (unpaired) electrons. The summed E-state index contributed by atoms with van der Waals surface area (Å²) in [6.45, 7) is 0. The highest BCUT2D eigenvalue weighted by Gasteiger charge is 2.17. The lowest BCUT2D eigenvalue weighted by molar-refractivity contribution is 0.0934. The van der Waals surface area contributed by atoms with E-state index in [0.29, 0.717) is 11.3 Å². The topological polar surface area (TPSA) is 77.9 Å². The molecule has 1 fully saturated rings. The van der Waals surface area contributed by atoms with Crippen LogP contribution in [0.3, 0.4) is 0 Å². The number of nitrogens with one attached hydrogen (secondary N) is 1. The predicted molar refractivity (Wildman–Crippen MR) is 74.2 cm³/mol. The van der Waals surface area contributed by atoms with Crippen molar-refractivity contribution in [3.63, 3.8) is 0 Å². The molecule has 0 heterocycles. The molecule has 0 aliphatic heterocycles. The molecule has 1 aromatic rings. The number of nitrogens with zero attached hydrogens (tertiary/aromatic N) is 3. The maximum Gasteiger partial charge on any atom is 0.251 e. The molecule has 2 rings (SSSR count). The molecule has 0 spiro atoms. The molecule has 1 amide bonds. The monoisotopic (exact) mass is 258 g/mol. The van der Waals surface area contributed by atoms with Crippen LogP contribution in [0, 0.1) is 0 Å². The Morgan fingerprint density at radius 3 is 2.58 bits per heavy atom. The number of azide groups is 1. The Kier molecular flexibility index (Phi) is 4.81. The fourth-order valence-corrected chi connectivity index (χ4v) is 2.49. The average molecular weight is 258 g/mol. The van der Waals surface area contributed by atoms with Crippen LogP contribution in [0.2, 0.25) is 0 Å². The van der Waals surface area contributed by atoms with Gasteiger partial charge in [0.1, 0.15) is 0 Å². The zero-order valence-corrected chi connectivity index (χ0v) is 10.9. The Hall–Kier alpha value is -2.00. The van der Waals surface area contributed by atoms with Gasteiger partial charge >= 0.3 is 0 Å². The third kappa shape index (κ3) is 3.73. The van der Waals surface area contributed by atoms with E-state index in [0.717, 1.165) is 12.8 Å². The number of hydrogen-bond donors (Lipinski definition) is 1. The first-order valence-electron chi connectivity index (χ1n) is 6.76. The third-order valence-electron chi connectivity index (χ3n) is 3.49. The van der Waals surface area contributed by atoms with E-state index in [2.05, 4.69) is 15.3 Å². The van der Waals surface area contributed by atoms with E-state index in [-0.39, 0.29) is 11.9 Å². The van der Waals surface area contributed by atoms with Crippen molar-refractivity contribution in [2.45, 2.75) is 44.6 Å². The second-order valence-corrected chi connectivity index (χ2v) is 4.87. The Morgan fingerprint density at radius 1 is 1.21 bits per heavy atom. The van der Waals surface area contributed by atoms with E-state index in [1.165, 1.54) is 25.7 Å². The molecule has 1 saturated carbocycles. The Labute approximate surface area is 112 Å². The molecule has 1 aliphatic rings. The fourth-order valence-electron chi connectivity index (χ4n) is 2.49. The number of rotatable bonds is 3. The van der Waals surface area contributed by atoms with Crippen LogP contribution in [0.15, 0.2) is 29.4 Å². The summed E-state index contributed by atoms with van der Waals surface area (Å²) in [6.07, 6.45) is 6.92. The molecule has 19 heavy (non-hydrogen) atoms. The summed E-state index contributed by atoms with van der Waals surface area (Å²) in [4.78, 5) is 15.0. The zero-order chi connectivity index (χ0) is 13.5. The normalized spacial score (nSPS) is 16.2. The number of carbonyl (C=O) groups excluding carboxylic acids is 1. The summed E-state index contributed by atoms with van der Waals surface area (Å²) in [7, 11) is 0. The van der Waals surface area contributed by atoms with E-state index in [9.17, 15) is 4.79 Å². The van der Waals surface area contributed by atoms with Gasteiger partial charge in [0.05, 0.1) is 5.69 Å². The molecule has 0 saturated heterocycles. The van der Waals surface area contributed by atoms with Crippen molar-refractivity contribution < 1.29 is 4.79 Å². The van der Waals surface area contributed by atoms with Crippen LogP contribution < -0.4 is 5.32 Å². The van der Waals surface area contributed by atoms with Gasteiger partial charge in [-0.1, -0.05) is 49.0 Å². The van der Waals surface area contributed by atoms with Crippen LogP contribution in [-0.2, 0) is 0 Å². The molecule has 0 atom stereocenters. The van der Waals surface area contributed by atoms with E-state index in [1.807, 2.05) is 0 Å². The minimum Gasteiger partial charge on any atom is -0.349 e. The summed E-state index contributed by atoms with van der Waals surface area (Å²) in [5.74, 6) is -0.144. The zero-order valence-electron chi connectivity index (χ0n) is 10.9. The first-order valence-corrected chi connectivity index (χ1v) is 6.76. The van der Waals surface area contributed by atoms with Gasteiger partial charge in [-0.3, -0.25) is 4.79 Å². The highest BCUT2D eigenvalue weighted by molar-refractivity contribution is 5.99. The van der Waals surface area contributed by atoms with E-state index in [1.54, 1.807) is 24.3 Å². The first kappa shape index (κ1) is 13.4. The largest absolute Gasteiger partial charge is 0.349 e. The van der Waals surface area contributed by atoms with Crippen molar-refractivity contribution in [3.8, 4) is 0 Å². The van der Waals surface area contributed by atoms with Gasteiger partial charge in [0, 0.05) is 16.5 Å². The van der Waals surface area contributed by atoms with Crippen LogP contribution >= 0.6 is 0 Å². The average Bonchev–Trinajstić information content (AvgIpc) is 2.68. The van der Waals surface area contributed by atoms with Crippen molar-refractivity contribution in [2.24, 2.45) is 5.11 Å². The van der Waals surface area contributed by atoms with Crippen LogP contribution in [0.4, 0.5) is 5.69 Å². The Bertz CT molecular complexity index is 486. The predicted octanol–water partition coefficient (Wildman–Crippen LogP) is 4.08. The molecule has 0 unspecified atom stereocenters. The lowest BCUT2D eigenvalue weighted by Crippen LogP contribution is -2.34. The first-order chi connectivity index (χ1) is 9.31. The van der Waals surface area contributed by atoms with E-state index >= 15 is 0 Å². The van der Waals surface area contributed by atoms with Crippen LogP contribution in [0.5, 0.6) is 0 Å². The van der Waals surface area contributed by atoms with Gasteiger partial charge in [0.15, 0.2) is 0 Å². The van der Waals surface area contributed by atoms with Crippen LogP contribution in [0.1, 0.15) is 48.9 Å². The van der Waals surface area contributed by atoms with Gasteiger partial charge in [-0.15, -0.1) is 0 Å². The highest BCUT2D eigenvalue weighted by Crippen LogP contribution is 2.21. The molecule has 100 valence electrons. The van der Waals surface area contributed by atoms with Gasteiger partial charge in [-0.2, -0.15) is 0 Å². The Morgan fingerprint density at radius 2 is 1.89 bits per heavy atom. The van der Waals surface area contributed by atoms with Crippen molar-refractivity contribution in [3.05, 3.63) is 40.3 Å². The van der Waals surface area contributed by atoms with E-state index in [4.69, 9.17) is 5.53 Å². The van der Waals surface area contributed by atoms with E-state index < -0.39 is 0 Å². The molecule has 5 heteroatoms. The second kappa shape index (κ2) is 6.81. The quantitative estimate of drug-likeness (QED) is 0.377. The molecular formula is C14H18N4O. The standard InChI is InChI=1S/C14H18N4O/c15-18-17-13-10-6-5-9-12(13)14(19)16-11-7-3-1-2-4-8-11/h5-6,9-11H,1-4,7-8H2,(H,16,19). The molecular weight excluding hydrogens is 240 g/mol. The van der Waals surface area contributed by atoms with Gasteiger partial charge in [0.2, 0.25) is 0 Å². The lowest BCUT2D eigenvalue weighted by atomic mass is 10.1. The maximum absolute atomic E-state index is 12.2. The molecule has 1 N–H and O–H groups in total. The third-order valence-corrected chi connectivity index (χ3v) is 3.49. The fraction of sp³-hybridized carbons (Fsp3) is 0.500. The smallest absolute Gasteiger partial charge is 0.251 e. The number of amides is 1. The molecule has 1 aliphatic carbocycles. The summed E-state index contributed by atoms with van der Waals surface area (Å²) in [6, 6.07) is 7.12. The summed E-state index contributed by atoms with van der Waals surface area (Å²) in [5, 5.41) is 6.61. The van der Waals surface area contributed by atoms with Crippen molar-refractivity contribution in [1.29, 1.82) is 0 Å². The second-order valence-electron chi connectivity index (χ2n) is 4.87. The maximum atomic E-state index is 12.2.